The molecule has 0 aliphatic heterocycles. The van der Waals surface area contributed by atoms with Gasteiger partial charge in [0.2, 0.25) is 0 Å². The maximum Gasteiger partial charge on any atom is 0.337 e. The molecule has 0 radical (unpaired) electrons. The van der Waals surface area contributed by atoms with Crippen molar-refractivity contribution in [2.24, 2.45) is 0 Å². The molecule has 1 rings (SSSR count). The Hall–Kier alpha value is -1.88. The van der Waals surface area contributed by atoms with Crippen LogP contribution in [0.25, 0.3) is 0 Å². The van der Waals surface area contributed by atoms with E-state index in [0.29, 0.717) is 24.6 Å². The van der Waals surface area contributed by atoms with Crippen molar-refractivity contribution in [2.45, 2.75) is 6.92 Å². The number of aryl methyl sites for hydroxylation is 1. The van der Waals surface area contributed by atoms with Crippen LogP contribution in [-0.4, -0.2) is 40.9 Å². The Bertz CT molecular complexity index is 418. The summed E-state index contributed by atoms with van der Waals surface area (Å²) >= 11 is 0. The predicted octanol–water partition coefficient (Wildman–Crippen LogP) is 1.07. The molecule has 0 aliphatic carbocycles. The van der Waals surface area contributed by atoms with Crippen molar-refractivity contribution in [1.29, 1.82) is 0 Å². The molecule has 0 spiro atoms. The number of carbonyl (C=O) groups is 1. The Kier molecular flexibility index (Phi) is 4.66. The summed E-state index contributed by atoms with van der Waals surface area (Å²) in [5.74, 6) is -0.347. The van der Waals surface area contributed by atoms with E-state index in [9.17, 15) is 4.79 Å². The number of pyridine rings is 1. The molecule has 0 aliphatic rings. The molecule has 0 aromatic carbocycles. The fourth-order valence-corrected chi connectivity index (χ4v) is 1.53. The van der Waals surface area contributed by atoms with Gasteiger partial charge >= 0.3 is 5.97 Å². The van der Waals surface area contributed by atoms with Gasteiger partial charge in [-0.05, 0) is 19.1 Å². The second kappa shape index (κ2) is 6.00. The van der Waals surface area contributed by atoms with Crippen LogP contribution in [0, 0.1) is 6.92 Å². The lowest BCUT2D eigenvalue weighted by molar-refractivity contribution is 0.0695. The highest BCUT2D eigenvalue weighted by Crippen LogP contribution is 2.14. The maximum absolute atomic E-state index is 10.8. The lowest BCUT2D eigenvalue weighted by Crippen LogP contribution is -2.27. The van der Waals surface area contributed by atoms with E-state index in [-0.39, 0.29) is 12.2 Å². The maximum atomic E-state index is 10.8. The minimum atomic E-state index is -0.987. The number of anilines is 1. The molecule has 1 aromatic heterocycles. The summed E-state index contributed by atoms with van der Waals surface area (Å²) in [6, 6.07) is 3.16. The van der Waals surface area contributed by atoms with Crippen LogP contribution in [0.15, 0.2) is 24.8 Å². The fraction of sp³-hybridized carbons (Fsp3) is 0.333. The van der Waals surface area contributed by atoms with Gasteiger partial charge in [-0.2, -0.15) is 0 Å². The van der Waals surface area contributed by atoms with E-state index < -0.39 is 5.97 Å². The summed E-state index contributed by atoms with van der Waals surface area (Å²) in [4.78, 5) is 16.9. The van der Waals surface area contributed by atoms with Crippen LogP contribution in [0.5, 0.6) is 0 Å². The highest BCUT2D eigenvalue weighted by atomic mass is 16.4. The Balaban J connectivity index is 3.01. The number of rotatable bonds is 6. The summed E-state index contributed by atoms with van der Waals surface area (Å²) in [6.45, 7) is 6.28. The van der Waals surface area contributed by atoms with Crippen molar-refractivity contribution in [3.8, 4) is 0 Å². The second-order valence-electron chi connectivity index (χ2n) is 3.57. The molecule has 0 amide bonds. The van der Waals surface area contributed by atoms with Gasteiger partial charge in [0, 0.05) is 13.1 Å². The molecule has 5 heteroatoms. The summed E-state index contributed by atoms with van der Waals surface area (Å²) < 4.78 is 0. The molecular formula is C12H16N2O3. The van der Waals surface area contributed by atoms with Gasteiger partial charge in [-0.3, -0.25) is 0 Å². The summed E-state index contributed by atoms with van der Waals surface area (Å²) in [7, 11) is 0. The van der Waals surface area contributed by atoms with Gasteiger partial charge in [-0.15, -0.1) is 6.58 Å². The first kappa shape index (κ1) is 13.2. The van der Waals surface area contributed by atoms with Gasteiger partial charge in [-0.1, -0.05) is 6.08 Å². The van der Waals surface area contributed by atoms with E-state index in [4.69, 9.17) is 10.2 Å². The Labute approximate surface area is 100 Å². The van der Waals surface area contributed by atoms with Crippen LogP contribution < -0.4 is 4.90 Å². The topological polar surface area (TPSA) is 73.7 Å². The molecule has 17 heavy (non-hydrogen) atoms. The number of aromatic carboxylic acids is 1. The van der Waals surface area contributed by atoms with Gasteiger partial charge in [0.15, 0.2) is 0 Å². The molecule has 0 bridgehead atoms. The Morgan fingerprint density at radius 1 is 1.59 bits per heavy atom. The van der Waals surface area contributed by atoms with Crippen molar-refractivity contribution < 1.29 is 15.0 Å². The van der Waals surface area contributed by atoms with Gasteiger partial charge in [0.25, 0.3) is 0 Å². The Morgan fingerprint density at radius 2 is 2.29 bits per heavy atom. The van der Waals surface area contributed by atoms with Crippen LogP contribution in [0.2, 0.25) is 0 Å². The first-order chi connectivity index (χ1) is 8.10. The second-order valence-corrected chi connectivity index (χ2v) is 3.57. The molecule has 1 heterocycles. The van der Waals surface area contributed by atoms with Crippen LogP contribution in [-0.2, 0) is 0 Å². The van der Waals surface area contributed by atoms with E-state index in [1.165, 1.54) is 6.07 Å². The normalized spacial score (nSPS) is 10.0. The summed E-state index contributed by atoms with van der Waals surface area (Å²) in [5.41, 5.74) is 0.651. The standard InChI is InChI=1S/C12H16N2O3/c1-3-6-14(7-8-15)11-5-4-10(12(16)17)9(2)13-11/h3-5,15H,1,6-8H2,2H3,(H,16,17). The van der Waals surface area contributed by atoms with E-state index in [0.717, 1.165) is 0 Å². The van der Waals surface area contributed by atoms with Crippen molar-refractivity contribution in [3.05, 3.63) is 36.0 Å². The van der Waals surface area contributed by atoms with E-state index in [1.54, 1.807) is 19.1 Å². The van der Waals surface area contributed by atoms with Gasteiger partial charge in [0.1, 0.15) is 5.82 Å². The number of carboxylic acid groups (broad SMARTS) is 1. The number of aromatic nitrogens is 1. The third kappa shape index (κ3) is 3.29. The van der Waals surface area contributed by atoms with Gasteiger partial charge in [-0.25, -0.2) is 9.78 Å². The average Bonchev–Trinajstić information content (AvgIpc) is 2.28. The highest BCUT2D eigenvalue weighted by Gasteiger charge is 2.11. The zero-order valence-corrected chi connectivity index (χ0v) is 9.76. The van der Waals surface area contributed by atoms with E-state index >= 15 is 0 Å². The van der Waals surface area contributed by atoms with E-state index in [1.807, 2.05) is 4.90 Å². The van der Waals surface area contributed by atoms with Gasteiger partial charge in [0.05, 0.1) is 17.9 Å². The van der Waals surface area contributed by atoms with Crippen LogP contribution >= 0.6 is 0 Å². The number of aliphatic hydroxyl groups excluding tert-OH is 1. The van der Waals surface area contributed by atoms with Gasteiger partial charge < -0.3 is 15.1 Å². The largest absolute Gasteiger partial charge is 0.478 e. The summed E-state index contributed by atoms with van der Waals surface area (Å²) in [6.07, 6.45) is 1.71. The minimum Gasteiger partial charge on any atom is -0.478 e. The quantitative estimate of drug-likeness (QED) is 0.723. The monoisotopic (exact) mass is 236 g/mol. The Morgan fingerprint density at radius 3 is 2.76 bits per heavy atom. The fourth-order valence-electron chi connectivity index (χ4n) is 1.53. The number of hydrogen-bond donors (Lipinski definition) is 2. The number of aliphatic hydroxyl groups is 1. The third-order valence-corrected chi connectivity index (χ3v) is 2.34. The molecule has 0 saturated heterocycles. The lowest BCUT2D eigenvalue weighted by atomic mass is 10.2. The first-order valence-electron chi connectivity index (χ1n) is 5.27. The van der Waals surface area contributed by atoms with Crippen molar-refractivity contribution in [2.75, 3.05) is 24.6 Å². The molecule has 2 N–H and O–H groups in total. The molecule has 0 unspecified atom stereocenters. The molecule has 5 nitrogen and oxygen atoms in total. The van der Waals surface area contributed by atoms with Crippen molar-refractivity contribution in [1.82, 2.24) is 4.98 Å². The zero-order valence-electron chi connectivity index (χ0n) is 9.76. The molecular weight excluding hydrogens is 220 g/mol. The third-order valence-electron chi connectivity index (χ3n) is 2.34. The predicted molar refractivity (Wildman–Crippen MR) is 65.4 cm³/mol. The molecule has 0 atom stereocenters. The SMILES string of the molecule is C=CCN(CCO)c1ccc(C(=O)O)c(C)n1. The minimum absolute atomic E-state index is 0.00918. The van der Waals surface area contributed by atoms with Crippen molar-refractivity contribution >= 4 is 11.8 Å². The van der Waals surface area contributed by atoms with Crippen LogP contribution in [0.1, 0.15) is 16.1 Å². The number of nitrogens with zero attached hydrogens (tertiary/aromatic N) is 2. The zero-order chi connectivity index (χ0) is 12.8. The van der Waals surface area contributed by atoms with Crippen LogP contribution in [0.3, 0.4) is 0 Å². The number of hydrogen-bond acceptors (Lipinski definition) is 4. The lowest BCUT2D eigenvalue weighted by Gasteiger charge is -2.21. The summed E-state index contributed by atoms with van der Waals surface area (Å²) in [5, 5.41) is 17.8. The van der Waals surface area contributed by atoms with Crippen LogP contribution in [0.4, 0.5) is 5.82 Å². The molecule has 0 fully saturated rings. The number of carboxylic acids is 1. The highest BCUT2D eigenvalue weighted by molar-refractivity contribution is 5.89. The first-order valence-corrected chi connectivity index (χ1v) is 5.27. The molecule has 1 aromatic rings. The molecule has 92 valence electrons. The molecule has 0 saturated carbocycles. The average molecular weight is 236 g/mol. The van der Waals surface area contributed by atoms with Crippen molar-refractivity contribution in [3.63, 3.8) is 0 Å². The van der Waals surface area contributed by atoms with E-state index in [2.05, 4.69) is 11.6 Å². The smallest absolute Gasteiger partial charge is 0.337 e.